The summed E-state index contributed by atoms with van der Waals surface area (Å²) in [5.74, 6) is -1.54. The number of piperazine rings is 1. The molecule has 0 amide bonds. The van der Waals surface area contributed by atoms with Crippen molar-refractivity contribution in [1.29, 1.82) is 0 Å². The Balaban J connectivity index is 2.13. The van der Waals surface area contributed by atoms with Gasteiger partial charge in [-0.05, 0) is 31.0 Å². The molecular formula is C14H20F2N2. The SMILES string of the molecule is CCC1(C)CNCCN1Cc1ccc(F)c(F)c1. The minimum absolute atomic E-state index is 0.0864. The van der Waals surface area contributed by atoms with E-state index in [2.05, 4.69) is 24.1 Å². The second kappa shape index (κ2) is 5.33. The highest BCUT2D eigenvalue weighted by Crippen LogP contribution is 2.23. The number of hydrogen-bond donors (Lipinski definition) is 1. The largest absolute Gasteiger partial charge is 0.314 e. The monoisotopic (exact) mass is 254 g/mol. The van der Waals surface area contributed by atoms with Crippen LogP contribution in [0, 0.1) is 11.6 Å². The molecule has 18 heavy (non-hydrogen) atoms. The van der Waals surface area contributed by atoms with Crippen LogP contribution in [0.5, 0.6) is 0 Å². The van der Waals surface area contributed by atoms with Crippen LogP contribution in [0.2, 0.25) is 0 Å². The van der Waals surface area contributed by atoms with E-state index in [9.17, 15) is 8.78 Å². The van der Waals surface area contributed by atoms with Crippen LogP contribution in [0.25, 0.3) is 0 Å². The van der Waals surface area contributed by atoms with Crippen molar-refractivity contribution >= 4 is 0 Å². The molecule has 1 atom stereocenters. The lowest BCUT2D eigenvalue weighted by molar-refractivity contribution is 0.0636. The van der Waals surface area contributed by atoms with Crippen LogP contribution in [0.3, 0.4) is 0 Å². The van der Waals surface area contributed by atoms with Gasteiger partial charge in [-0.25, -0.2) is 8.78 Å². The summed E-state index contributed by atoms with van der Waals surface area (Å²) in [6.45, 7) is 7.85. The molecule has 100 valence electrons. The summed E-state index contributed by atoms with van der Waals surface area (Å²) >= 11 is 0. The van der Waals surface area contributed by atoms with E-state index >= 15 is 0 Å². The molecule has 0 spiro atoms. The molecule has 1 aliphatic rings. The van der Waals surface area contributed by atoms with Crippen molar-refractivity contribution in [3.8, 4) is 0 Å². The molecule has 1 unspecified atom stereocenters. The summed E-state index contributed by atoms with van der Waals surface area (Å²) in [5.41, 5.74) is 0.916. The van der Waals surface area contributed by atoms with Crippen LogP contribution in [0.15, 0.2) is 18.2 Å². The van der Waals surface area contributed by atoms with E-state index < -0.39 is 11.6 Å². The molecule has 0 aromatic heterocycles. The Bertz CT molecular complexity index is 422. The van der Waals surface area contributed by atoms with Crippen molar-refractivity contribution in [3.63, 3.8) is 0 Å². The zero-order valence-corrected chi connectivity index (χ0v) is 11.0. The van der Waals surface area contributed by atoms with Gasteiger partial charge >= 0.3 is 0 Å². The maximum absolute atomic E-state index is 13.2. The Morgan fingerprint density at radius 2 is 2.11 bits per heavy atom. The highest BCUT2D eigenvalue weighted by atomic mass is 19.2. The van der Waals surface area contributed by atoms with Gasteiger partial charge in [0.05, 0.1) is 0 Å². The Labute approximate surface area is 107 Å². The fourth-order valence-electron chi connectivity index (χ4n) is 2.43. The van der Waals surface area contributed by atoms with Gasteiger partial charge in [-0.15, -0.1) is 0 Å². The van der Waals surface area contributed by atoms with E-state index in [1.807, 2.05) is 0 Å². The number of nitrogens with zero attached hydrogens (tertiary/aromatic N) is 1. The summed E-state index contributed by atoms with van der Waals surface area (Å²) in [6.07, 6.45) is 1.03. The summed E-state index contributed by atoms with van der Waals surface area (Å²) in [7, 11) is 0. The highest BCUT2D eigenvalue weighted by Gasteiger charge is 2.32. The molecule has 2 nitrogen and oxygen atoms in total. The standard InChI is InChI=1S/C14H20F2N2/c1-3-14(2)10-17-6-7-18(14)9-11-4-5-12(15)13(16)8-11/h4-5,8,17H,3,6-7,9-10H2,1-2H3. The molecule has 4 heteroatoms. The molecule has 0 aliphatic carbocycles. The predicted molar refractivity (Wildman–Crippen MR) is 68.3 cm³/mol. The molecule has 1 aromatic carbocycles. The van der Waals surface area contributed by atoms with Gasteiger partial charge < -0.3 is 5.32 Å². The van der Waals surface area contributed by atoms with Gasteiger partial charge in [-0.1, -0.05) is 13.0 Å². The van der Waals surface area contributed by atoms with Crippen molar-refractivity contribution < 1.29 is 8.78 Å². The first-order valence-electron chi connectivity index (χ1n) is 6.45. The lowest BCUT2D eigenvalue weighted by Gasteiger charge is -2.45. The Kier molecular flexibility index (Phi) is 3.97. The first-order valence-corrected chi connectivity index (χ1v) is 6.45. The first-order chi connectivity index (χ1) is 8.55. The van der Waals surface area contributed by atoms with E-state index in [1.54, 1.807) is 6.07 Å². The molecule has 0 radical (unpaired) electrons. The van der Waals surface area contributed by atoms with Crippen LogP contribution in [-0.4, -0.2) is 30.1 Å². The second-order valence-corrected chi connectivity index (χ2v) is 5.20. The molecular weight excluding hydrogens is 234 g/mol. The minimum atomic E-state index is -0.780. The summed E-state index contributed by atoms with van der Waals surface area (Å²) in [4.78, 5) is 2.34. The maximum Gasteiger partial charge on any atom is 0.159 e. The minimum Gasteiger partial charge on any atom is -0.314 e. The molecule has 1 aromatic rings. The number of nitrogens with one attached hydrogen (secondary N) is 1. The summed E-state index contributed by atoms with van der Waals surface area (Å²) in [6, 6.07) is 4.17. The van der Waals surface area contributed by atoms with E-state index in [0.29, 0.717) is 6.54 Å². The van der Waals surface area contributed by atoms with E-state index in [4.69, 9.17) is 0 Å². The lowest BCUT2D eigenvalue weighted by atomic mass is 9.93. The van der Waals surface area contributed by atoms with Crippen LogP contribution in [-0.2, 0) is 6.54 Å². The van der Waals surface area contributed by atoms with Crippen molar-refractivity contribution in [3.05, 3.63) is 35.4 Å². The lowest BCUT2D eigenvalue weighted by Crippen LogP contribution is -2.58. The third kappa shape index (κ3) is 2.70. The molecule has 1 heterocycles. The molecule has 1 N–H and O–H groups in total. The smallest absolute Gasteiger partial charge is 0.159 e. The topological polar surface area (TPSA) is 15.3 Å². The van der Waals surface area contributed by atoms with Crippen molar-refractivity contribution in [2.45, 2.75) is 32.4 Å². The molecule has 0 bridgehead atoms. The van der Waals surface area contributed by atoms with E-state index in [1.165, 1.54) is 12.1 Å². The number of hydrogen-bond acceptors (Lipinski definition) is 2. The first kappa shape index (κ1) is 13.4. The van der Waals surface area contributed by atoms with Gasteiger partial charge in [0.1, 0.15) is 0 Å². The number of benzene rings is 1. The highest BCUT2D eigenvalue weighted by molar-refractivity contribution is 5.18. The van der Waals surface area contributed by atoms with Gasteiger partial charge in [-0.3, -0.25) is 4.90 Å². The number of rotatable bonds is 3. The van der Waals surface area contributed by atoms with Crippen molar-refractivity contribution in [2.24, 2.45) is 0 Å². The molecule has 1 saturated heterocycles. The Morgan fingerprint density at radius 3 is 2.78 bits per heavy atom. The number of halogens is 2. The molecule has 1 fully saturated rings. The van der Waals surface area contributed by atoms with E-state index in [-0.39, 0.29) is 5.54 Å². The Morgan fingerprint density at radius 1 is 1.33 bits per heavy atom. The maximum atomic E-state index is 13.2. The van der Waals surface area contributed by atoms with Crippen LogP contribution in [0.1, 0.15) is 25.8 Å². The average molecular weight is 254 g/mol. The zero-order valence-electron chi connectivity index (χ0n) is 11.0. The van der Waals surface area contributed by atoms with E-state index in [0.717, 1.165) is 31.6 Å². The van der Waals surface area contributed by atoms with Gasteiger partial charge in [-0.2, -0.15) is 0 Å². The van der Waals surface area contributed by atoms with Crippen LogP contribution >= 0.6 is 0 Å². The fraction of sp³-hybridized carbons (Fsp3) is 0.571. The molecule has 1 aliphatic heterocycles. The molecule has 0 saturated carbocycles. The van der Waals surface area contributed by atoms with Gasteiger partial charge in [0.25, 0.3) is 0 Å². The van der Waals surface area contributed by atoms with Crippen LogP contribution < -0.4 is 5.32 Å². The summed E-state index contributed by atoms with van der Waals surface area (Å²) < 4.78 is 26.1. The fourth-order valence-corrected chi connectivity index (χ4v) is 2.43. The third-order valence-electron chi connectivity index (χ3n) is 3.95. The third-order valence-corrected chi connectivity index (χ3v) is 3.95. The quantitative estimate of drug-likeness (QED) is 0.891. The van der Waals surface area contributed by atoms with Crippen molar-refractivity contribution in [1.82, 2.24) is 10.2 Å². The zero-order chi connectivity index (χ0) is 13.2. The van der Waals surface area contributed by atoms with Crippen molar-refractivity contribution in [2.75, 3.05) is 19.6 Å². The van der Waals surface area contributed by atoms with Gasteiger partial charge in [0.15, 0.2) is 11.6 Å². The Hall–Kier alpha value is -1.00. The average Bonchev–Trinajstić information content (AvgIpc) is 2.37. The second-order valence-electron chi connectivity index (χ2n) is 5.20. The van der Waals surface area contributed by atoms with Crippen LogP contribution in [0.4, 0.5) is 8.78 Å². The van der Waals surface area contributed by atoms with Gasteiger partial charge in [0, 0.05) is 31.7 Å². The molecule has 2 rings (SSSR count). The normalized spacial score (nSPS) is 25.3. The van der Waals surface area contributed by atoms with Gasteiger partial charge in [0.2, 0.25) is 0 Å². The summed E-state index contributed by atoms with van der Waals surface area (Å²) in [5, 5.41) is 3.39. The predicted octanol–water partition coefficient (Wildman–Crippen LogP) is 2.54.